The van der Waals surface area contributed by atoms with Gasteiger partial charge in [-0.05, 0) is 37.5 Å². The number of thioether (sulfide) groups is 1. The molecule has 0 spiro atoms. The summed E-state index contributed by atoms with van der Waals surface area (Å²) in [5, 5.41) is 16.7. The first-order valence-corrected chi connectivity index (χ1v) is 10.8. The molecule has 0 bridgehead atoms. The van der Waals surface area contributed by atoms with Crippen LogP contribution < -0.4 is 10.6 Å². The predicted molar refractivity (Wildman–Crippen MR) is 96.1 cm³/mol. The Kier molecular flexibility index (Phi) is 5.87. The average molecular weight is 371 g/mol. The van der Waals surface area contributed by atoms with Crippen LogP contribution in [-0.4, -0.2) is 60.3 Å². The van der Waals surface area contributed by atoms with E-state index in [9.17, 15) is 9.90 Å². The van der Waals surface area contributed by atoms with E-state index in [0.29, 0.717) is 25.0 Å². The molecule has 6 nitrogen and oxygen atoms in total. The van der Waals surface area contributed by atoms with Crippen molar-refractivity contribution in [1.29, 1.82) is 0 Å². The fraction of sp³-hybridized carbons (Fsp3) is 0.944. The molecule has 7 atom stereocenters. The third-order valence-corrected chi connectivity index (χ3v) is 7.37. The van der Waals surface area contributed by atoms with Crippen LogP contribution in [-0.2, 0) is 14.3 Å². The standard InChI is InChI=1S/C18H30N2O4S/c21-11(9-20-18-19-6-7-25-18)10-23-12-4-5-14-13-2-1-3-15(13)17(22)24-16(14)8-12/h11-16,18-21H,1-10H2/t11-,12?,13?,14?,15?,16?,18?/m0/s1. The Morgan fingerprint density at radius 1 is 1.32 bits per heavy atom. The number of aliphatic hydroxyl groups is 1. The third kappa shape index (κ3) is 4.16. The molecule has 3 N–H and O–H groups in total. The molecule has 0 radical (unpaired) electrons. The van der Waals surface area contributed by atoms with Gasteiger partial charge < -0.3 is 14.6 Å². The molecule has 7 heteroatoms. The normalized spacial score (nSPS) is 41.9. The summed E-state index contributed by atoms with van der Waals surface area (Å²) >= 11 is 1.83. The fourth-order valence-corrected chi connectivity index (χ4v) is 5.95. The maximum Gasteiger partial charge on any atom is 0.309 e. The monoisotopic (exact) mass is 370 g/mol. The molecule has 4 rings (SSSR count). The topological polar surface area (TPSA) is 79.8 Å². The van der Waals surface area contributed by atoms with Crippen molar-refractivity contribution in [3.63, 3.8) is 0 Å². The second kappa shape index (κ2) is 8.13. The zero-order chi connectivity index (χ0) is 17.2. The number of aliphatic hydroxyl groups excluding tert-OH is 1. The van der Waals surface area contributed by atoms with Crippen molar-refractivity contribution in [3.05, 3.63) is 0 Å². The number of hydrogen-bond donors (Lipinski definition) is 3. The van der Waals surface area contributed by atoms with Gasteiger partial charge in [-0.1, -0.05) is 6.42 Å². The van der Waals surface area contributed by atoms with Gasteiger partial charge in [-0.15, -0.1) is 11.8 Å². The van der Waals surface area contributed by atoms with Gasteiger partial charge in [0.25, 0.3) is 0 Å². The Morgan fingerprint density at radius 2 is 2.24 bits per heavy atom. The highest BCUT2D eigenvalue weighted by Crippen LogP contribution is 2.48. The van der Waals surface area contributed by atoms with E-state index in [4.69, 9.17) is 9.47 Å². The molecule has 0 amide bonds. The number of ether oxygens (including phenoxy) is 2. The van der Waals surface area contributed by atoms with E-state index < -0.39 is 6.10 Å². The van der Waals surface area contributed by atoms with Crippen molar-refractivity contribution in [2.24, 2.45) is 17.8 Å². The molecule has 2 aliphatic heterocycles. The second-order valence-electron chi connectivity index (χ2n) is 7.88. The fourth-order valence-electron chi connectivity index (χ4n) is 5.03. The van der Waals surface area contributed by atoms with Crippen LogP contribution in [0.5, 0.6) is 0 Å². The number of fused-ring (bicyclic) bond motifs is 3. The summed E-state index contributed by atoms with van der Waals surface area (Å²) < 4.78 is 11.7. The van der Waals surface area contributed by atoms with Crippen molar-refractivity contribution in [3.8, 4) is 0 Å². The Labute approximate surface area is 153 Å². The van der Waals surface area contributed by atoms with E-state index in [2.05, 4.69) is 10.6 Å². The number of hydrogen-bond acceptors (Lipinski definition) is 7. The van der Waals surface area contributed by atoms with Crippen molar-refractivity contribution in [1.82, 2.24) is 10.6 Å². The van der Waals surface area contributed by atoms with E-state index >= 15 is 0 Å². The molecule has 0 aromatic carbocycles. The molecule has 142 valence electrons. The Bertz CT molecular complexity index is 474. The van der Waals surface area contributed by atoms with Gasteiger partial charge in [0.15, 0.2) is 0 Å². The predicted octanol–water partition coefficient (Wildman–Crippen LogP) is 1.08. The molecular formula is C18H30N2O4S. The van der Waals surface area contributed by atoms with Gasteiger partial charge in [-0.2, -0.15) is 0 Å². The van der Waals surface area contributed by atoms with Crippen LogP contribution in [0.15, 0.2) is 0 Å². The van der Waals surface area contributed by atoms with Crippen LogP contribution in [0.2, 0.25) is 0 Å². The minimum Gasteiger partial charge on any atom is -0.462 e. The first-order valence-electron chi connectivity index (χ1n) is 9.79. The van der Waals surface area contributed by atoms with E-state index in [1.54, 1.807) is 0 Å². The molecule has 2 heterocycles. The van der Waals surface area contributed by atoms with E-state index in [1.807, 2.05) is 11.8 Å². The molecule has 6 unspecified atom stereocenters. The van der Waals surface area contributed by atoms with Gasteiger partial charge in [-0.3, -0.25) is 15.4 Å². The molecule has 2 aliphatic carbocycles. The number of carbonyl (C=O) groups is 1. The molecule has 2 saturated carbocycles. The highest BCUT2D eigenvalue weighted by molar-refractivity contribution is 8.00. The first kappa shape index (κ1) is 18.0. The highest BCUT2D eigenvalue weighted by atomic mass is 32.2. The van der Waals surface area contributed by atoms with E-state index in [-0.39, 0.29) is 29.6 Å². The second-order valence-corrected chi connectivity index (χ2v) is 9.09. The minimum atomic E-state index is -0.506. The summed E-state index contributed by atoms with van der Waals surface area (Å²) in [6, 6.07) is 0. The summed E-state index contributed by atoms with van der Waals surface area (Å²) in [6.07, 6.45) is 5.88. The van der Waals surface area contributed by atoms with Crippen LogP contribution in [0.1, 0.15) is 38.5 Å². The summed E-state index contributed by atoms with van der Waals surface area (Å²) in [4.78, 5) is 12.2. The molecule has 0 aromatic heterocycles. The van der Waals surface area contributed by atoms with Gasteiger partial charge in [0.1, 0.15) is 11.6 Å². The van der Waals surface area contributed by atoms with Crippen LogP contribution in [0, 0.1) is 17.8 Å². The van der Waals surface area contributed by atoms with Crippen molar-refractivity contribution in [2.75, 3.05) is 25.4 Å². The molecule has 4 aliphatic rings. The molecule has 4 fully saturated rings. The highest BCUT2D eigenvalue weighted by Gasteiger charge is 2.49. The lowest BCUT2D eigenvalue weighted by Crippen LogP contribution is -2.48. The van der Waals surface area contributed by atoms with Crippen LogP contribution >= 0.6 is 11.8 Å². The Hall–Kier alpha value is -0.340. The Morgan fingerprint density at radius 3 is 3.08 bits per heavy atom. The molecular weight excluding hydrogens is 340 g/mol. The SMILES string of the molecule is O=C1OC2CC(OC[C@@H](O)CNC3NCCS3)CCC2C2CCCC12. The lowest BCUT2D eigenvalue weighted by molar-refractivity contribution is -0.180. The zero-order valence-corrected chi connectivity index (χ0v) is 15.5. The molecule has 0 aromatic rings. The van der Waals surface area contributed by atoms with E-state index in [0.717, 1.165) is 38.0 Å². The van der Waals surface area contributed by atoms with Crippen molar-refractivity contribution < 1.29 is 19.4 Å². The number of rotatable bonds is 6. The Balaban J connectivity index is 1.20. The van der Waals surface area contributed by atoms with Gasteiger partial charge in [0.05, 0.1) is 24.7 Å². The van der Waals surface area contributed by atoms with Gasteiger partial charge in [-0.25, -0.2) is 0 Å². The summed E-state index contributed by atoms with van der Waals surface area (Å²) in [5.41, 5.74) is 0.242. The summed E-state index contributed by atoms with van der Waals surface area (Å²) in [7, 11) is 0. The van der Waals surface area contributed by atoms with Gasteiger partial charge in [0, 0.05) is 25.3 Å². The summed E-state index contributed by atoms with van der Waals surface area (Å²) in [6.45, 7) is 1.88. The smallest absolute Gasteiger partial charge is 0.309 e. The van der Waals surface area contributed by atoms with Gasteiger partial charge in [0.2, 0.25) is 0 Å². The van der Waals surface area contributed by atoms with Crippen LogP contribution in [0.4, 0.5) is 0 Å². The molecule has 25 heavy (non-hydrogen) atoms. The maximum atomic E-state index is 12.2. The molecule has 2 saturated heterocycles. The van der Waals surface area contributed by atoms with Gasteiger partial charge >= 0.3 is 5.97 Å². The van der Waals surface area contributed by atoms with Crippen LogP contribution in [0.25, 0.3) is 0 Å². The lowest BCUT2D eigenvalue weighted by Gasteiger charge is -2.44. The number of carbonyl (C=O) groups excluding carboxylic acids is 1. The quantitative estimate of drug-likeness (QED) is 0.604. The average Bonchev–Trinajstić information content (AvgIpc) is 3.29. The number of esters is 1. The maximum absolute atomic E-state index is 12.2. The van der Waals surface area contributed by atoms with Crippen molar-refractivity contribution in [2.45, 2.75) is 62.3 Å². The van der Waals surface area contributed by atoms with Crippen molar-refractivity contribution >= 4 is 17.7 Å². The zero-order valence-electron chi connectivity index (χ0n) is 14.7. The first-order chi connectivity index (χ1) is 12.2. The third-order valence-electron chi connectivity index (χ3n) is 6.26. The van der Waals surface area contributed by atoms with Crippen LogP contribution in [0.3, 0.4) is 0 Å². The lowest BCUT2D eigenvalue weighted by atomic mass is 9.71. The minimum absolute atomic E-state index is 0.0233. The number of nitrogens with one attached hydrogen (secondary N) is 2. The summed E-state index contributed by atoms with van der Waals surface area (Å²) in [5.74, 6) is 2.36. The van der Waals surface area contributed by atoms with E-state index in [1.165, 1.54) is 12.8 Å². The largest absolute Gasteiger partial charge is 0.462 e.